The molecule has 2 aliphatic rings. The maximum absolute atomic E-state index is 10.4. The fraction of sp³-hybridized carbons (Fsp3) is 0.294. The molecule has 4 rings (SSSR count). The zero-order valence-electron chi connectivity index (χ0n) is 10.4. The second kappa shape index (κ2) is 3.24. The van der Waals surface area contributed by atoms with Crippen molar-refractivity contribution in [3.63, 3.8) is 0 Å². The van der Waals surface area contributed by atoms with Crippen LogP contribution in [0.1, 0.15) is 41.5 Å². The van der Waals surface area contributed by atoms with E-state index in [1.807, 2.05) is 6.92 Å². The molecule has 0 heterocycles. The van der Waals surface area contributed by atoms with Crippen molar-refractivity contribution < 1.29 is 5.11 Å². The first kappa shape index (κ1) is 10.3. The molecule has 0 saturated heterocycles. The van der Waals surface area contributed by atoms with Crippen LogP contribution in [0.25, 0.3) is 0 Å². The number of aliphatic hydroxyl groups is 1. The number of benzene rings is 2. The van der Waals surface area contributed by atoms with E-state index >= 15 is 0 Å². The van der Waals surface area contributed by atoms with Crippen molar-refractivity contribution in [2.24, 2.45) is 0 Å². The molecule has 0 radical (unpaired) electrons. The van der Waals surface area contributed by atoms with Gasteiger partial charge in [-0.3, -0.25) is 0 Å². The Labute approximate surface area is 107 Å². The van der Waals surface area contributed by atoms with Crippen LogP contribution in [0.2, 0.25) is 0 Å². The fourth-order valence-electron chi connectivity index (χ4n) is 4.11. The molecule has 0 aromatic heterocycles. The Morgan fingerprint density at radius 1 is 1.00 bits per heavy atom. The molecular formula is C17H16O. The molecule has 90 valence electrons. The van der Waals surface area contributed by atoms with Gasteiger partial charge in [-0.25, -0.2) is 0 Å². The number of hydrogen-bond donors (Lipinski definition) is 1. The van der Waals surface area contributed by atoms with Gasteiger partial charge in [0.25, 0.3) is 0 Å². The molecule has 18 heavy (non-hydrogen) atoms. The van der Waals surface area contributed by atoms with Gasteiger partial charge in [0.05, 0.1) is 6.10 Å². The summed E-state index contributed by atoms with van der Waals surface area (Å²) in [5.41, 5.74) is 5.33. The highest BCUT2D eigenvalue weighted by atomic mass is 16.3. The third-order valence-corrected chi connectivity index (χ3v) is 4.87. The summed E-state index contributed by atoms with van der Waals surface area (Å²) in [6, 6.07) is 17.2. The zero-order valence-corrected chi connectivity index (χ0v) is 10.4. The van der Waals surface area contributed by atoms with Gasteiger partial charge in [0.15, 0.2) is 0 Å². The van der Waals surface area contributed by atoms with Gasteiger partial charge >= 0.3 is 0 Å². The highest BCUT2D eigenvalue weighted by molar-refractivity contribution is 5.63. The molecule has 0 amide bonds. The van der Waals surface area contributed by atoms with Crippen molar-refractivity contribution in [1.82, 2.24) is 0 Å². The van der Waals surface area contributed by atoms with Gasteiger partial charge < -0.3 is 5.11 Å². The van der Waals surface area contributed by atoms with Crippen molar-refractivity contribution in [3.05, 3.63) is 70.8 Å². The average molecular weight is 236 g/mol. The van der Waals surface area contributed by atoms with E-state index < -0.39 is 0 Å². The lowest BCUT2D eigenvalue weighted by Gasteiger charge is -2.34. The van der Waals surface area contributed by atoms with Gasteiger partial charge in [-0.2, -0.15) is 0 Å². The minimum Gasteiger partial charge on any atom is -0.392 e. The van der Waals surface area contributed by atoms with Gasteiger partial charge in [-0.05, 0) is 35.6 Å². The van der Waals surface area contributed by atoms with Gasteiger partial charge in [0, 0.05) is 11.3 Å². The van der Waals surface area contributed by atoms with Crippen LogP contribution in [-0.2, 0) is 5.41 Å². The molecule has 0 spiro atoms. The first-order valence-corrected chi connectivity index (χ1v) is 6.62. The lowest BCUT2D eigenvalue weighted by molar-refractivity contribution is 0.123. The Kier molecular flexibility index (Phi) is 1.86. The van der Waals surface area contributed by atoms with Crippen LogP contribution in [-0.4, -0.2) is 11.2 Å². The van der Waals surface area contributed by atoms with Crippen LogP contribution in [0, 0.1) is 0 Å². The van der Waals surface area contributed by atoms with E-state index in [-0.39, 0.29) is 11.5 Å². The van der Waals surface area contributed by atoms with Crippen LogP contribution in [0.15, 0.2) is 48.5 Å². The first-order chi connectivity index (χ1) is 8.75. The predicted molar refractivity (Wildman–Crippen MR) is 71.8 cm³/mol. The molecular weight excluding hydrogens is 220 g/mol. The maximum Gasteiger partial charge on any atom is 0.0649 e. The topological polar surface area (TPSA) is 20.2 Å². The summed E-state index contributed by atoms with van der Waals surface area (Å²) in [6.07, 6.45) is 0.691. The summed E-state index contributed by atoms with van der Waals surface area (Å²) in [7, 11) is 0. The zero-order chi connectivity index (χ0) is 12.3. The van der Waals surface area contributed by atoms with Crippen LogP contribution in [0.4, 0.5) is 0 Å². The number of hydrogen-bond acceptors (Lipinski definition) is 1. The molecule has 0 fully saturated rings. The molecule has 1 N–H and O–H groups in total. The molecule has 2 aromatic rings. The molecule has 1 nitrogen and oxygen atoms in total. The Bertz CT molecular complexity index is 580. The molecule has 1 heteroatoms. The third kappa shape index (κ3) is 0.979. The largest absolute Gasteiger partial charge is 0.392 e. The minimum absolute atomic E-state index is 0.169. The molecule has 1 unspecified atom stereocenters. The lowest BCUT2D eigenvalue weighted by atomic mass is 9.72. The van der Waals surface area contributed by atoms with Crippen LogP contribution >= 0.6 is 0 Å². The molecule has 2 aliphatic carbocycles. The lowest BCUT2D eigenvalue weighted by Crippen LogP contribution is -2.35. The van der Waals surface area contributed by atoms with Gasteiger partial charge in [-0.15, -0.1) is 0 Å². The Hall–Kier alpha value is -1.60. The molecule has 0 saturated carbocycles. The summed E-state index contributed by atoms with van der Waals surface area (Å²) in [4.78, 5) is 0. The summed E-state index contributed by atoms with van der Waals surface area (Å²) >= 11 is 0. The Balaban J connectivity index is 2.08. The van der Waals surface area contributed by atoms with E-state index in [1.165, 1.54) is 22.3 Å². The quantitative estimate of drug-likeness (QED) is 0.806. The van der Waals surface area contributed by atoms with Crippen LogP contribution < -0.4 is 0 Å². The van der Waals surface area contributed by atoms with E-state index in [0.717, 1.165) is 6.42 Å². The van der Waals surface area contributed by atoms with Crippen molar-refractivity contribution in [3.8, 4) is 0 Å². The average Bonchev–Trinajstić information content (AvgIpc) is 2.93. The molecule has 2 bridgehead atoms. The van der Waals surface area contributed by atoms with Crippen LogP contribution in [0.5, 0.6) is 0 Å². The maximum atomic E-state index is 10.4. The second-order valence-electron chi connectivity index (χ2n) is 5.58. The van der Waals surface area contributed by atoms with Crippen molar-refractivity contribution >= 4 is 0 Å². The minimum atomic E-state index is -0.340. The highest BCUT2D eigenvalue weighted by Gasteiger charge is 2.54. The summed E-state index contributed by atoms with van der Waals surface area (Å²) in [6.45, 7) is 1.93. The molecule has 1 atom stereocenters. The predicted octanol–water partition coefficient (Wildman–Crippen LogP) is 3.20. The summed E-state index contributed by atoms with van der Waals surface area (Å²) < 4.78 is 0. The van der Waals surface area contributed by atoms with Crippen molar-refractivity contribution in [1.29, 1.82) is 0 Å². The number of aliphatic hydroxyl groups excluding tert-OH is 1. The monoisotopic (exact) mass is 236 g/mol. The SMILES string of the molecule is CC(O)C12CC(c3ccccc31)c1ccccc12. The Morgan fingerprint density at radius 3 is 2.00 bits per heavy atom. The van der Waals surface area contributed by atoms with Gasteiger partial charge in [0.1, 0.15) is 0 Å². The fourth-order valence-corrected chi connectivity index (χ4v) is 4.11. The standard InChI is InChI=1S/C17H16O/c1-11(18)17-10-14(12-6-2-4-8-15(12)17)13-7-3-5-9-16(13)17/h2-9,11,14,18H,10H2,1H3. The van der Waals surface area contributed by atoms with Crippen molar-refractivity contribution in [2.75, 3.05) is 0 Å². The summed E-state index contributed by atoms with van der Waals surface area (Å²) in [5, 5.41) is 10.4. The molecule has 0 aliphatic heterocycles. The number of fused-ring (bicyclic) bond motifs is 8. The third-order valence-electron chi connectivity index (χ3n) is 4.87. The summed E-state index contributed by atoms with van der Waals surface area (Å²) in [5.74, 6) is 0.479. The van der Waals surface area contributed by atoms with E-state index in [1.54, 1.807) is 0 Å². The Morgan fingerprint density at radius 2 is 1.50 bits per heavy atom. The number of rotatable bonds is 1. The van der Waals surface area contributed by atoms with E-state index in [0.29, 0.717) is 5.92 Å². The van der Waals surface area contributed by atoms with E-state index in [2.05, 4.69) is 48.5 Å². The van der Waals surface area contributed by atoms with Gasteiger partial charge in [-0.1, -0.05) is 48.5 Å². The smallest absolute Gasteiger partial charge is 0.0649 e. The van der Waals surface area contributed by atoms with E-state index in [9.17, 15) is 5.11 Å². The first-order valence-electron chi connectivity index (χ1n) is 6.62. The van der Waals surface area contributed by atoms with Gasteiger partial charge in [0.2, 0.25) is 0 Å². The van der Waals surface area contributed by atoms with Crippen LogP contribution in [0.3, 0.4) is 0 Å². The van der Waals surface area contributed by atoms with Crippen molar-refractivity contribution in [2.45, 2.75) is 30.8 Å². The highest BCUT2D eigenvalue weighted by Crippen LogP contribution is 2.61. The van der Waals surface area contributed by atoms with E-state index in [4.69, 9.17) is 0 Å². The molecule has 2 aromatic carbocycles. The second-order valence-corrected chi connectivity index (χ2v) is 5.58. The normalized spacial score (nSPS) is 28.9.